The van der Waals surface area contributed by atoms with Gasteiger partial charge in [-0.05, 0) is 44.4 Å². The summed E-state index contributed by atoms with van der Waals surface area (Å²) >= 11 is 0.956. The van der Waals surface area contributed by atoms with Crippen LogP contribution in [0.2, 0.25) is 0 Å². The SMILES string of the molecule is CNC1(N(C)C(=O)c2[nH]cc(-c3nnc(Cc4ccc(F)cc4F)s3)c(=O)c2O)CCC(C(=O)NCC(F)(F)F)CC1. The Labute approximate surface area is 240 Å². The topological polar surface area (TPSA) is 140 Å². The maximum Gasteiger partial charge on any atom is 0.405 e. The Hall–Kier alpha value is -3.92. The number of aromatic nitrogens is 3. The molecule has 4 rings (SSSR count). The van der Waals surface area contributed by atoms with Crippen LogP contribution in [0.1, 0.15) is 46.7 Å². The Bertz CT molecular complexity index is 1530. The molecule has 16 heteroatoms. The molecule has 0 saturated heterocycles. The third kappa shape index (κ3) is 6.59. The van der Waals surface area contributed by atoms with Crippen molar-refractivity contribution in [3.8, 4) is 16.3 Å². The third-order valence-corrected chi connectivity index (χ3v) is 8.34. The summed E-state index contributed by atoms with van der Waals surface area (Å²) in [5.74, 6) is -4.47. The first-order valence-electron chi connectivity index (χ1n) is 12.8. The molecule has 42 heavy (non-hydrogen) atoms. The Morgan fingerprint density at radius 3 is 2.52 bits per heavy atom. The number of pyridine rings is 1. The third-order valence-electron chi connectivity index (χ3n) is 7.38. The summed E-state index contributed by atoms with van der Waals surface area (Å²) in [6.07, 6.45) is -2.49. The van der Waals surface area contributed by atoms with E-state index in [0.717, 1.165) is 23.5 Å². The Morgan fingerprint density at radius 2 is 1.90 bits per heavy atom. The van der Waals surface area contributed by atoms with Gasteiger partial charge in [0.05, 0.1) is 11.2 Å². The lowest BCUT2D eigenvalue weighted by Gasteiger charge is -2.46. The zero-order valence-electron chi connectivity index (χ0n) is 22.4. The normalized spacial score (nSPS) is 19.0. The Kier molecular flexibility index (Phi) is 8.96. The number of rotatable bonds is 8. The smallest absolute Gasteiger partial charge is 0.405 e. The number of aromatic amines is 1. The van der Waals surface area contributed by atoms with Gasteiger partial charge in [-0.15, -0.1) is 10.2 Å². The quantitative estimate of drug-likeness (QED) is 0.226. The minimum atomic E-state index is -4.53. The molecule has 1 fully saturated rings. The number of H-pyrrole nitrogens is 1. The number of benzene rings is 1. The minimum Gasteiger partial charge on any atom is -0.503 e. The van der Waals surface area contributed by atoms with E-state index in [1.807, 2.05) is 5.32 Å². The van der Waals surface area contributed by atoms with Gasteiger partial charge >= 0.3 is 6.18 Å². The fourth-order valence-electron chi connectivity index (χ4n) is 4.91. The van der Waals surface area contributed by atoms with Crippen molar-refractivity contribution in [1.29, 1.82) is 0 Å². The van der Waals surface area contributed by atoms with Gasteiger partial charge in [-0.3, -0.25) is 19.7 Å². The molecule has 0 atom stereocenters. The van der Waals surface area contributed by atoms with Crippen LogP contribution in [0.25, 0.3) is 10.6 Å². The molecule has 226 valence electrons. The van der Waals surface area contributed by atoms with Crippen LogP contribution in [0.15, 0.2) is 29.2 Å². The summed E-state index contributed by atoms with van der Waals surface area (Å²) in [6, 6.07) is 3.12. The van der Waals surface area contributed by atoms with E-state index in [0.29, 0.717) is 5.01 Å². The molecule has 10 nitrogen and oxygen atoms in total. The molecule has 0 radical (unpaired) electrons. The van der Waals surface area contributed by atoms with E-state index in [-0.39, 0.29) is 48.2 Å². The fourth-order valence-corrected chi connectivity index (χ4v) is 5.78. The van der Waals surface area contributed by atoms with E-state index in [9.17, 15) is 41.4 Å². The van der Waals surface area contributed by atoms with Crippen molar-refractivity contribution < 1.29 is 36.6 Å². The first-order valence-corrected chi connectivity index (χ1v) is 13.6. The average molecular weight is 615 g/mol. The van der Waals surface area contributed by atoms with Crippen LogP contribution in [-0.2, 0) is 11.2 Å². The van der Waals surface area contributed by atoms with Crippen molar-refractivity contribution in [1.82, 2.24) is 30.7 Å². The summed E-state index contributed by atoms with van der Waals surface area (Å²) in [5.41, 5.74) is -2.20. The molecule has 0 unspecified atom stereocenters. The lowest BCUT2D eigenvalue weighted by atomic mass is 9.80. The highest BCUT2D eigenvalue weighted by Crippen LogP contribution is 2.35. The predicted octanol–water partition coefficient (Wildman–Crippen LogP) is 3.32. The highest BCUT2D eigenvalue weighted by molar-refractivity contribution is 7.14. The lowest BCUT2D eigenvalue weighted by molar-refractivity contribution is -0.142. The van der Waals surface area contributed by atoms with Gasteiger partial charge in [0.25, 0.3) is 5.91 Å². The van der Waals surface area contributed by atoms with E-state index >= 15 is 0 Å². The largest absolute Gasteiger partial charge is 0.503 e. The monoisotopic (exact) mass is 614 g/mol. The average Bonchev–Trinajstić information content (AvgIpc) is 3.41. The summed E-state index contributed by atoms with van der Waals surface area (Å²) in [4.78, 5) is 42.5. The molecule has 0 spiro atoms. The van der Waals surface area contributed by atoms with Gasteiger partial charge in [0, 0.05) is 31.6 Å². The molecular formula is C26H27F5N6O4S. The minimum absolute atomic E-state index is 0.00796. The summed E-state index contributed by atoms with van der Waals surface area (Å²) in [6.45, 7) is -1.42. The van der Waals surface area contributed by atoms with Crippen LogP contribution in [-0.4, -0.2) is 69.5 Å². The lowest BCUT2D eigenvalue weighted by Crippen LogP contribution is -2.60. The molecule has 3 aromatic rings. The molecule has 1 aliphatic rings. The molecule has 1 aliphatic carbocycles. The number of amides is 2. The number of aromatic hydroxyl groups is 1. The van der Waals surface area contributed by atoms with Gasteiger partial charge in [-0.2, -0.15) is 13.2 Å². The predicted molar refractivity (Wildman–Crippen MR) is 142 cm³/mol. The molecule has 4 N–H and O–H groups in total. The number of nitrogens with one attached hydrogen (secondary N) is 3. The maximum absolute atomic E-state index is 14.0. The Balaban J connectivity index is 1.47. The zero-order chi connectivity index (χ0) is 30.8. The van der Waals surface area contributed by atoms with Gasteiger partial charge in [0.15, 0.2) is 16.5 Å². The number of hydrogen-bond donors (Lipinski definition) is 4. The van der Waals surface area contributed by atoms with Crippen LogP contribution in [0.5, 0.6) is 5.75 Å². The van der Waals surface area contributed by atoms with Gasteiger partial charge in [0.2, 0.25) is 11.3 Å². The summed E-state index contributed by atoms with van der Waals surface area (Å²) < 4.78 is 64.6. The maximum atomic E-state index is 14.0. The van der Waals surface area contributed by atoms with Crippen LogP contribution in [0.3, 0.4) is 0 Å². The highest BCUT2D eigenvalue weighted by Gasteiger charge is 2.43. The molecule has 2 heterocycles. The fraction of sp³-hybridized carbons (Fsp3) is 0.423. The number of hydrogen-bond acceptors (Lipinski definition) is 8. The second-order valence-electron chi connectivity index (χ2n) is 9.92. The first kappa shape index (κ1) is 31.0. The van der Waals surface area contributed by atoms with Gasteiger partial charge in [-0.1, -0.05) is 17.4 Å². The van der Waals surface area contributed by atoms with Crippen LogP contribution in [0.4, 0.5) is 22.0 Å². The second-order valence-corrected chi connectivity index (χ2v) is 11.0. The molecule has 1 saturated carbocycles. The van der Waals surface area contributed by atoms with Gasteiger partial charge in [-0.25, -0.2) is 8.78 Å². The second kappa shape index (κ2) is 12.1. The van der Waals surface area contributed by atoms with Crippen molar-refractivity contribution >= 4 is 23.2 Å². The summed E-state index contributed by atoms with van der Waals surface area (Å²) in [7, 11) is 3.03. The molecular weight excluding hydrogens is 587 g/mol. The Morgan fingerprint density at radius 1 is 1.21 bits per heavy atom. The molecule has 2 amide bonds. The highest BCUT2D eigenvalue weighted by atomic mass is 32.1. The van der Waals surface area contributed by atoms with Crippen molar-refractivity contribution in [3.05, 3.63) is 62.5 Å². The molecule has 0 bridgehead atoms. The first-order chi connectivity index (χ1) is 19.7. The number of alkyl halides is 3. The molecule has 1 aromatic carbocycles. The number of carbonyl (C=O) groups excluding carboxylic acids is 2. The van der Waals surface area contributed by atoms with Crippen molar-refractivity contribution in [2.45, 2.75) is 43.9 Å². The van der Waals surface area contributed by atoms with Crippen molar-refractivity contribution in [3.63, 3.8) is 0 Å². The molecule has 2 aromatic heterocycles. The summed E-state index contributed by atoms with van der Waals surface area (Å²) in [5, 5.41) is 23.9. The van der Waals surface area contributed by atoms with Gasteiger partial charge in [0.1, 0.15) is 23.2 Å². The van der Waals surface area contributed by atoms with E-state index in [2.05, 4.69) is 20.5 Å². The van der Waals surface area contributed by atoms with Crippen LogP contribution >= 0.6 is 11.3 Å². The van der Waals surface area contributed by atoms with E-state index in [4.69, 9.17) is 0 Å². The zero-order valence-corrected chi connectivity index (χ0v) is 23.3. The standard InChI is InChI=1S/C26H27F5N6O4S/c1-32-25(7-5-13(6-8-25)22(40)34-12-26(29,30)31)37(2)24(41)19-21(39)20(38)16(11-33-19)23-36-35-18(42-23)9-14-3-4-15(27)10-17(14)28/h3-4,10-11,13,32,39H,5-9,12H2,1-2H3,(H,33,38)(H,34,40). The molecule has 0 aliphatic heterocycles. The van der Waals surface area contributed by atoms with Crippen molar-refractivity contribution in [2.24, 2.45) is 5.92 Å². The van der Waals surface area contributed by atoms with E-state index < -0.39 is 64.6 Å². The number of nitrogens with zero attached hydrogens (tertiary/aromatic N) is 3. The number of halogens is 5. The van der Waals surface area contributed by atoms with Crippen molar-refractivity contribution in [2.75, 3.05) is 20.6 Å². The van der Waals surface area contributed by atoms with Gasteiger partial charge < -0.3 is 20.3 Å². The van der Waals surface area contributed by atoms with Crippen LogP contribution in [0, 0.1) is 17.6 Å². The van der Waals surface area contributed by atoms with Crippen LogP contribution < -0.4 is 16.1 Å². The van der Waals surface area contributed by atoms with E-state index in [1.54, 1.807) is 7.05 Å². The number of carbonyl (C=O) groups is 2. The van der Waals surface area contributed by atoms with E-state index in [1.165, 1.54) is 24.2 Å².